The molecule has 5 unspecified atom stereocenters. The van der Waals surface area contributed by atoms with Gasteiger partial charge in [0.2, 0.25) is 0 Å². The van der Waals surface area contributed by atoms with Crippen molar-refractivity contribution in [2.24, 2.45) is 0 Å². The second kappa shape index (κ2) is 68.7. The van der Waals surface area contributed by atoms with Crippen LogP contribution in [0, 0.1) is 0 Å². The van der Waals surface area contributed by atoms with Crippen molar-refractivity contribution in [2.75, 3.05) is 39.6 Å². The van der Waals surface area contributed by atoms with E-state index in [1.165, 1.54) is 128 Å². The number of esters is 3. The molecule has 0 aliphatic carbocycles. The molecule has 540 valence electrons. The summed E-state index contributed by atoms with van der Waals surface area (Å²) in [6.07, 6.45) is 75.0. The molecule has 18 heteroatoms. The van der Waals surface area contributed by atoms with Crippen molar-refractivity contribution in [3.63, 3.8) is 0 Å². The van der Waals surface area contributed by atoms with Crippen LogP contribution in [0.1, 0.15) is 316 Å². The van der Waals surface area contributed by atoms with Gasteiger partial charge in [0.25, 0.3) is 0 Å². The first kappa shape index (κ1) is 89.7. The van der Waals surface area contributed by atoms with Crippen LogP contribution in [0.2, 0.25) is 0 Å². The third kappa shape index (κ3) is 69.9. The molecule has 0 spiro atoms. The van der Waals surface area contributed by atoms with E-state index in [-0.39, 0.29) is 19.3 Å². The molecule has 0 aliphatic rings. The molecule has 0 rings (SSSR count). The Hall–Kier alpha value is -3.27. The molecule has 4 N–H and O–H groups in total. The summed E-state index contributed by atoms with van der Waals surface area (Å²) in [4.78, 5) is 58.4. The Bertz CT molecular complexity index is 2040. The number of phosphoric acid groups is 2. The van der Waals surface area contributed by atoms with Gasteiger partial charge < -0.3 is 34.2 Å². The van der Waals surface area contributed by atoms with Crippen molar-refractivity contribution in [1.82, 2.24) is 0 Å². The van der Waals surface area contributed by atoms with Crippen LogP contribution in [-0.2, 0) is 55.8 Å². The average molecular weight is 1350 g/mol. The lowest BCUT2D eigenvalue weighted by Crippen LogP contribution is -2.30. The van der Waals surface area contributed by atoms with Gasteiger partial charge in [0.05, 0.1) is 26.4 Å². The van der Waals surface area contributed by atoms with Crippen LogP contribution >= 0.6 is 15.6 Å². The highest BCUT2D eigenvalue weighted by molar-refractivity contribution is 7.47. The molecule has 0 aromatic heterocycles. The summed E-state index contributed by atoms with van der Waals surface area (Å²) < 4.78 is 60.9. The molecule has 0 radical (unpaired) electrons. The zero-order valence-electron chi connectivity index (χ0n) is 58.7. The van der Waals surface area contributed by atoms with Gasteiger partial charge in [-0.25, -0.2) is 9.13 Å². The molecule has 0 aromatic carbocycles. The number of carbonyl (C=O) groups excluding carboxylic acids is 3. The third-order valence-corrected chi connectivity index (χ3v) is 17.5. The van der Waals surface area contributed by atoms with E-state index < -0.39 is 91.5 Å². The van der Waals surface area contributed by atoms with E-state index in [9.17, 15) is 43.5 Å². The van der Waals surface area contributed by atoms with Gasteiger partial charge in [-0.05, 0) is 89.9 Å². The van der Waals surface area contributed by atoms with E-state index in [0.717, 1.165) is 128 Å². The van der Waals surface area contributed by atoms with E-state index in [4.69, 9.17) is 32.3 Å². The van der Waals surface area contributed by atoms with E-state index in [0.29, 0.717) is 19.3 Å². The van der Waals surface area contributed by atoms with Crippen molar-refractivity contribution in [3.8, 4) is 0 Å². The van der Waals surface area contributed by atoms with Crippen molar-refractivity contribution in [2.45, 2.75) is 334 Å². The van der Waals surface area contributed by atoms with Gasteiger partial charge in [-0.1, -0.05) is 292 Å². The number of rotatable bonds is 70. The SMILES string of the molecule is CC/C=C\C/C=C\C/C=C\C/C=C\C/C=C\CCCCCCCCCCCCCCCC(=O)OCC(O)COP(=O)(O)OCC(O)COP(=O)(O)OCC(COC(=O)CCCCCCCCCCCCCCCCC)OC(=O)CCCCCCC/C=C\C/C=C\CCC. The van der Waals surface area contributed by atoms with E-state index in [2.05, 4.69) is 106 Å². The fourth-order valence-electron chi connectivity index (χ4n) is 9.99. The number of aliphatic hydroxyl groups is 2. The molecule has 93 heavy (non-hydrogen) atoms. The second-order valence-electron chi connectivity index (χ2n) is 24.7. The molecule has 0 aromatic rings. The molecule has 0 aliphatic heterocycles. The van der Waals surface area contributed by atoms with Crippen LogP contribution < -0.4 is 0 Å². The van der Waals surface area contributed by atoms with E-state index in [1.807, 2.05) is 0 Å². The summed E-state index contributed by atoms with van der Waals surface area (Å²) in [5.41, 5.74) is 0. The summed E-state index contributed by atoms with van der Waals surface area (Å²) in [5, 5.41) is 20.6. The Kier molecular flexibility index (Phi) is 66.2. The normalized spacial score (nSPS) is 14.6. The molecule has 16 nitrogen and oxygen atoms in total. The molecule has 0 amide bonds. The minimum atomic E-state index is -4.92. The average Bonchev–Trinajstić information content (AvgIpc) is 2.91. The summed E-state index contributed by atoms with van der Waals surface area (Å²) in [7, 11) is -9.77. The number of allylic oxidation sites excluding steroid dienone is 14. The van der Waals surface area contributed by atoms with Gasteiger partial charge in [0.15, 0.2) is 6.10 Å². The first-order chi connectivity index (χ1) is 45.2. The minimum Gasteiger partial charge on any atom is -0.463 e. The zero-order valence-corrected chi connectivity index (χ0v) is 60.5. The lowest BCUT2D eigenvalue weighted by atomic mass is 10.0. The Morgan fingerprint density at radius 1 is 0.312 bits per heavy atom. The summed E-state index contributed by atoms with van der Waals surface area (Å²) in [6.45, 7) is 2.51. The van der Waals surface area contributed by atoms with Crippen molar-refractivity contribution in [3.05, 3.63) is 85.1 Å². The van der Waals surface area contributed by atoms with E-state index in [1.54, 1.807) is 0 Å². The highest BCUT2D eigenvalue weighted by Crippen LogP contribution is 2.45. The van der Waals surface area contributed by atoms with Gasteiger partial charge in [-0.15, -0.1) is 0 Å². The Balaban J connectivity index is 4.43. The van der Waals surface area contributed by atoms with Crippen molar-refractivity contribution in [1.29, 1.82) is 0 Å². The summed E-state index contributed by atoms with van der Waals surface area (Å²) in [6, 6.07) is 0. The fourth-order valence-corrected chi connectivity index (χ4v) is 11.6. The molecular weight excluding hydrogens is 1220 g/mol. The number of unbranched alkanes of at least 4 members (excludes halogenated alkanes) is 33. The Morgan fingerprint density at radius 3 is 0.946 bits per heavy atom. The Labute approximate surface area is 565 Å². The first-order valence-corrected chi connectivity index (χ1v) is 39.9. The maximum Gasteiger partial charge on any atom is 0.472 e. The number of carbonyl (C=O) groups is 3. The van der Waals surface area contributed by atoms with Gasteiger partial charge in [0, 0.05) is 19.3 Å². The largest absolute Gasteiger partial charge is 0.472 e. The Morgan fingerprint density at radius 2 is 0.591 bits per heavy atom. The number of ether oxygens (including phenoxy) is 3. The molecule has 0 bridgehead atoms. The van der Waals surface area contributed by atoms with Crippen molar-refractivity contribution >= 4 is 33.6 Å². The quantitative estimate of drug-likeness (QED) is 0.0146. The molecular formula is C75H134O16P2. The third-order valence-electron chi connectivity index (χ3n) is 15.6. The number of hydrogen-bond acceptors (Lipinski definition) is 14. The number of phosphoric ester groups is 2. The number of aliphatic hydroxyl groups excluding tert-OH is 2. The van der Waals surface area contributed by atoms with Crippen LogP contribution in [-0.4, -0.2) is 95.9 Å². The lowest BCUT2D eigenvalue weighted by molar-refractivity contribution is -0.161. The van der Waals surface area contributed by atoms with Crippen LogP contribution in [0.15, 0.2) is 85.1 Å². The van der Waals surface area contributed by atoms with Crippen LogP contribution in [0.4, 0.5) is 0 Å². The molecule has 0 saturated carbocycles. The maximum atomic E-state index is 12.9. The van der Waals surface area contributed by atoms with Gasteiger partial charge in [-0.2, -0.15) is 0 Å². The van der Waals surface area contributed by atoms with Crippen LogP contribution in [0.25, 0.3) is 0 Å². The first-order valence-electron chi connectivity index (χ1n) is 36.9. The topological polar surface area (TPSA) is 231 Å². The smallest absolute Gasteiger partial charge is 0.463 e. The zero-order chi connectivity index (χ0) is 68.1. The van der Waals surface area contributed by atoms with Gasteiger partial charge >= 0.3 is 33.6 Å². The number of hydrogen-bond donors (Lipinski definition) is 4. The van der Waals surface area contributed by atoms with Gasteiger partial charge in [0.1, 0.15) is 25.4 Å². The predicted octanol–water partition coefficient (Wildman–Crippen LogP) is 20.9. The molecule has 0 fully saturated rings. The molecule has 5 atom stereocenters. The standard InChI is InChI=1S/C75H134O16P2/c1-4-7-10-13-16-19-22-25-27-28-29-30-31-32-33-34-35-36-37-38-39-40-42-45-46-49-52-55-58-61-73(78)85-64-70(76)65-87-92(81,82)88-66-71(77)67-89-93(83,84)90-69-72(91-75(80)63-60-57-54-51-48-43-24-21-18-15-12-9-6-3)68-86-74(79)62-59-56-53-50-47-44-41-26-23-20-17-14-11-8-5-2/h7,10,12,15-16,19,21,24-25,27,29-30,32-33,70-72,76-77H,4-6,8-9,11,13-14,17-18,20,22-23,26,28,31,34-69H2,1-3H3,(H,81,82)(H,83,84)/b10-7-,15-12-,19-16-,24-21-,27-25-,30-29-,33-32-. The van der Waals surface area contributed by atoms with Crippen LogP contribution in [0.5, 0.6) is 0 Å². The molecule has 0 saturated heterocycles. The van der Waals surface area contributed by atoms with Crippen LogP contribution in [0.3, 0.4) is 0 Å². The second-order valence-corrected chi connectivity index (χ2v) is 27.6. The molecule has 0 heterocycles. The summed E-state index contributed by atoms with van der Waals surface area (Å²) >= 11 is 0. The summed E-state index contributed by atoms with van der Waals surface area (Å²) in [5.74, 6) is -1.58. The highest BCUT2D eigenvalue weighted by atomic mass is 31.2. The minimum absolute atomic E-state index is 0.0919. The maximum absolute atomic E-state index is 12.9. The highest BCUT2D eigenvalue weighted by Gasteiger charge is 2.29. The monoisotopic (exact) mass is 1350 g/mol. The predicted molar refractivity (Wildman–Crippen MR) is 381 cm³/mol. The van der Waals surface area contributed by atoms with Gasteiger partial charge in [-0.3, -0.25) is 32.5 Å². The van der Waals surface area contributed by atoms with E-state index >= 15 is 0 Å². The van der Waals surface area contributed by atoms with Crippen molar-refractivity contribution < 1.29 is 75.8 Å². The lowest BCUT2D eigenvalue weighted by Gasteiger charge is -2.21. The fraction of sp³-hybridized carbons (Fsp3) is 0.773.